The third-order valence-electron chi connectivity index (χ3n) is 2.41. The molecule has 48 valence electrons. The first-order valence-corrected chi connectivity index (χ1v) is 3.58. The standard InChI is InChI=1S/C8H10O/c9-8-4-2-6-1-3-7(8)5-6/h2,4,6-7H,1,3,5H2/t6-,7-/m1/s1. The van der Waals surface area contributed by atoms with Gasteiger partial charge in [-0.15, -0.1) is 0 Å². The zero-order valence-corrected chi connectivity index (χ0v) is 5.34. The summed E-state index contributed by atoms with van der Waals surface area (Å²) in [6.07, 6.45) is 7.36. The van der Waals surface area contributed by atoms with Gasteiger partial charge in [0.2, 0.25) is 0 Å². The predicted octanol–water partition coefficient (Wildman–Crippen LogP) is 1.54. The summed E-state index contributed by atoms with van der Waals surface area (Å²) in [5.41, 5.74) is 0. The average molecular weight is 122 g/mol. The maximum Gasteiger partial charge on any atom is 0.158 e. The summed E-state index contributed by atoms with van der Waals surface area (Å²) in [6, 6.07) is 0. The van der Waals surface area contributed by atoms with E-state index in [9.17, 15) is 4.79 Å². The van der Waals surface area contributed by atoms with Crippen LogP contribution in [0.2, 0.25) is 0 Å². The summed E-state index contributed by atoms with van der Waals surface area (Å²) < 4.78 is 0. The molecule has 1 saturated carbocycles. The molecule has 1 fully saturated rings. The van der Waals surface area contributed by atoms with Crippen LogP contribution in [-0.4, -0.2) is 5.78 Å². The lowest BCUT2D eigenvalue weighted by Crippen LogP contribution is -2.11. The Bertz CT molecular complexity index is 169. The molecule has 0 heterocycles. The molecule has 9 heavy (non-hydrogen) atoms. The van der Waals surface area contributed by atoms with Crippen LogP contribution >= 0.6 is 0 Å². The molecule has 0 N–H and O–H groups in total. The van der Waals surface area contributed by atoms with Gasteiger partial charge in [-0.2, -0.15) is 0 Å². The molecule has 2 bridgehead atoms. The number of fused-ring (bicyclic) bond motifs is 2. The first kappa shape index (κ1) is 5.21. The molecule has 0 unspecified atom stereocenters. The highest BCUT2D eigenvalue weighted by Gasteiger charge is 2.30. The highest BCUT2D eigenvalue weighted by Crippen LogP contribution is 2.35. The van der Waals surface area contributed by atoms with Crippen LogP contribution in [0, 0.1) is 11.8 Å². The third-order valence-corrected chi connectivity index (χ3v) is 2.41. The number of rotatable bonds is 0. The Balaban J connectivity index is 2.29. The lowest BCUT2D eigenvalue weighted by atomic mass is 9.95. The molecule has 2 aliphatic carbocycles. The topological polar surface area (TPSA) is 17.1 Å². The van der Waals surface area contributed by atoms with Gasteiger partial charge in [0, 0.05) is 5.92 Å². The maximum absolute atomic E-state index is 11.0. The van der Waals surface area contributed by atoms with Gasteiger partial charge in [-0.25, -0.2) is 0 Å². The minimum Gasteiger partial charge on any atom is -0.295 e. The van der Waals surface area contributed by atoms with E-state index in [1.54, 1.807) is 6.08 Å². The third kappa shape index (κ3) is 0.716. The van der Waals surface area contributed by atoms with Crippen molar-refractivity contribution in [3.63, 3.8) is 0 Å². The zero-order chi connectivity index (χ0) is 6.27. The van der Waals surface area contributed by atoms with Gasteiger partial charge in [-0.1, -0.05) is 6.08 Å². The van der Waals surface area contributed by atoms with Crippen molar-refractivity contribution in [2.45, 2.75) is 19.3 Å². The van der Waals surface area contributed by atoms with Crippen LogP contribution in [0.25, 0.3) is 0 Å². The fourth-order valence-corrected chi connectivity index (χ4v) is 1.82. The molecule has 0 aromatic carbocycles. The second-order valence-corrected chi connectivity index (χ2v) is 3.03. The number of ketones is 1. The molecule has 0 aliphatic heterocycles. The van der Waals surface area contributed by atoms with Crippen LogP contribution in [0.3, 0.4) is 0 Å². The fraction of sp³-hybridized carbons (Fsp3) is 0.625. The summed E-state index contributed by atoms with van der Waals surface area (Å²) in [6.45, 7) is 0. The molecule has 2 aliphatic rings. The van der Waals surface area contributed by atoms with Gasteiger partial charge < -0.3 is 0 Å². The zero-order valence-electron chi connectivity index (χ0n) is 5.34. The molecular formula is C8H10O. The first-order chi connectivity index (χ1) is 4.36. The van der Waals surface area contributed by atoms with Gasteiger partial charge in [0.25, 0.3) is 0 Å². The Labute approximate surface area is 54.8 Å². The van der Waals surface area contributed by atoms with E-state index in [4.69, 9.17) is 0 Å². The molecular weight excluding hydrogens is 112 g/mol. The van der Waals surface area contributed by atoms with Crippen molar-refractivity contribution < 1.29 is 4.79 Å². The summed E-state index contributed by atoms with van der Waals surface area (Å²) in [5.74, 6) is 1.51. The lowest BCUT2D eigenvalue weighted by molar-refractivity contribution is -0.118. The Morgan fingerprint density at radius 3 is 3.11 bits per heavy atom. The second kappa shape index (κ2) is 1.69. The van der Waals surface area contributed by atoms with E-state index in [0.717, 1.165) is 18.8 Å². The van der Waals surface area contributed by atoms with Gasteiger partial charge >= 0.3 is 0 Å². The minimum absolute atomic E-state index is 0.365. The van der Waals surface area contributed by atoms with Crippen molar-refractivity contribution in [3.8, 4) is 0 Å². The number of carbonyl (C=O) groups excluding carboxylic acids is 1. The molecule has 2 atom stereocenters. The fourth-order valence-electron chi connectivity index (χ4n) is 1.82. The van der Waals surface area contributed by atoms with Crippen LogP contribution in [0.4, 0.5) is 0 Å². The molecule has 1 nitrogen and oxygen atoms in total. The normalized spacial score (nSPS) is 39.8. The molecule has 0 saturated heterocycles. The Kier molecular flexibility index (Phi) is 0.981. The van der Waals surface area contributed by atoms with Gasteiger partial charge in [0.1, 0.15) is 0 Å². The van der Waals surface area contributed by atoms with E-state index >= 15 is 0 Å². The lowest BCUT2D eigenvalue weighted by Gasteiger charge is -2.09. The van der Waals surface area contributed by atoms with Crippen molar-refractivity contribution in [3.05, 3.63) is 12.2 Å². The van der Waals surface area contributed by atoms with E-state index in [-0.39, 0.29) is 0 Å². The van der Waals surface area contributed by atoms with Crippen molar-refractivity contribution in [2.75, 3.05) is 0 Å². The highest BCUT2D eigenvalue weighted by molar-refractivity contribution is 5.92. The number of carbonyl (C=O) groups is 1. The number of hydrogen-bond donors (Lipinski definition) is 0. The van der Waals surface area contributed by atoms with Gasteiger partial charge in [-0.3, -0.25) is 4.79 Å². The van der Waals surface area contributed by atoms with Crippen LogP contribution in [0.1, 0.15) is 19.3 Å². The molecule has 0 amide bonds. The predicted molar refractivity (Wildman–Crippen MR) is 35.0 cm³/mol. The molecule has 0 radical (unpaired) electrons. The van der Waals surface area contributed by atoms with Crippen LogP contribution in [-0.2, 0) is 4.79 Å². The van der Waals surface area contributed by atoms with Crippen molar-refractivity contribution in [1.29, 1.82) is 0 Å². The SMILES string of the molecule is O=C1C=C[C@H]2CC[C@@H]1C2. The average Bonchev–Trinajstić information content (AvgIpc) is 2.25. The van der Waals surface area contributed by atoms with E-state index in [2.05, 4.69) is 6.08 Å². The van der Waals surface area contributed by atoms with E-state index in [0.29, 0.717) is 11.7 Å². The Morgan fingerprint density at radius 2 is 2.33 bits per heavy atom. The summed E-state index contributed by atoms with van der Waals surface area (Å²) >= 11 is 0. The molecule has 1 heteroatoms. The van der Waals surface area contributed by atoms with E-state index < -0.39 is 0 Å². The van der Waals surface area contributed by atoms with Crippen molar-refractivity contribution >= 4 is 5.78 Å². The Hall–Kier alpha value is -0.590. The molecule has 0 aromatic rings. The molecule has 0 spiro atoms. The van der Waals surface area contributed by atoms with Gasteiger partial charge in [-0.05, 0) is 31.3 Å². The van der Waals surface area contributed by atoms with Crippen molar-refractivity contribution in [1.82, 2.24) is 0 Å². The summed E-state index contributed by atoms with van der Waals surface area (Å²) in [4.78, 5) is 11.0. The van der Waals surface area contributed by atoms with Gasteiger partial charge in [0.05, 0.1) is 0 Å². The van der Waals surface area contributed by atoms with E-state index in [1.165, 1.54) is 6.42 Å². The number of allylic oxidation sites excluding steroid dienone is 2. The summed E-state index contributed by atoms with van der Waals surface area (Å²) in [5, 5.41) is 0. The largest absolute Gasteiger partial charge is 0.295 e. The second-order valence-electron chi connectivity index (χ2n) is 3.03. The van der Waals surface area contributed by atoms with Crippen LogP contribution in [0.15, 0.2) is 12.2 Å². The van der Waals surface area contributed by atoms with Gasteiger partial charge in [0.15, 0.2) is 5.78 Å². The summed E-state index contributed by atoms with van der Waals surface area (Å²) in [7, 11) is 0. The van der Waals surface area contributed by atoms with Crippen LogP contribution in [0.5, 0.6) is 0 Å². The smallest absolute Gasteiger partial charge is 0.158 e. The number of hydrogen-bond acceptors (Lipinski definition) is 1. The van der Waals surface area contributed by atoms with Crippen LogP contribution < -0.4 is 0 Å². The Morgan fingerprint density at radius 1 is 1.44 bits per heavy atom. The first-order valence-electron chi connectivity index (χ1n) is 3.58. The van der Waals surface area contributed by atoms with Crippen molar-refractivity contribution in [2.24, 2.45) is 11.8 Å². The monoisotopic (exact) mass is 122 g/mol. The quantitative estimate of drug-likeness (QED) is 0.476. The highest BCUT2D eigenvalue weighted by atomic mass is 16.1. The molecule has 2 rings (SSSR count). The minimum atomic E-state index is 0.365. The van der Waals surface area contributed by atoms with E-state index in [1.807, 2.05) is 0 Å². The molecule has 0 aromatic heterocycles. The maximum atomic E-state index is 11.0.